The Hall–Kier alpha value is -1.26. The predicted octanol–water partition coefficient (Wildman–Crippen LogP) is 4.39. The third-order valence-corrected chi connectivity index (χ3v) is 5.61. The van der Waals surface area contributed by atoms with Crippen LogP contribution < -0.4 is 5.32 Å². The summed E-state index contributed by atoms with van der Waals surface area (Å²) in [6.45, 7) is 3.80. The summed E-state index contributed by atoms with van der Waals surface area (Å²) in [6.07, 6.45) is 3.97. The lowest BCUT2D eigenvalue weighted by Crippen LogP contribution is -2.33. The number of Topliss-reactive ketones (excluding diaryl/α,β-unsaturated/α-hetero) is 1. The number of thiophene rings is 1. The summed E-state index contributed by atoms with van der Waals surface area (Å²) in [6, 6.07) is 6.88. The van der Waals surface area contributed by atoms with Gasteiger partial charge in [-0.3, -0.25) is 4.79 Å². The Morgan fingerprint density at radius 3 is 3.00 bits per heavy atom. The maximum absolute atomic E-state index is 13.8. The molecule has 1 unspecified atom stereocenters. The van der Waals surface area contributed by atoms with Crippen LogP contribution in [0.5, 0.6) is 0 Å². The number of benzene rings is 1. The third-order valence-electron chi connectivity index (χ3n) is 4.45. The average Bonchev–Trinajstić information content (AvgIpc) is 3.12. The summed E-state index contributed by atoms with van der Waals surface area (Å²) in [5.41, 5.74) is -0.284. The Labute approximate surface area is 128 Å². The highest BCUT2D eigenvalue weighted by molar-refractivity contribution is 7.20. The van der Waals surface area contributed by atoms with Crippen molar-refractivity contribution >= 4 is 27.2 Å². The fourth-order valence-electron chi connectivity index (χ4n) is 3.18. The van der Waals surface area contributed by atoms with Gasteiger partial charge >= 0.3 is 0 Å². The van der Waals surface area contributed by atoms with Crippen molar-refractivity contribution in [2.24, 2.45) is 5.41 Å². The molecule has 0 aliphatic carbocycles. The number of halogens is 1. The van der Waals surface area contributed by atoms with E-state index in [0.717, 1.165) is 44.2 Å². The van der Waals surface area contributed by atoms with Crippen molar-refractivity contribution < 1.29 is 9.18 Å². The number of carbonyl (C=O) groups is 1. The number of rotatable bonds is 5. The molecule has 2 aromatic rings. The van der Waals surface area contributed by atoms with Crippen molar-refractivity contribution in [1.29, 1.82) is 0 Å². The molecule has 4 heteroatoms. The van der Waals surface area contributed by atoms with Gasteiger partial charge in [0.25, 0.3) is 0 Å². The smallest absolute Gasteiger partial charge is 0.180 e. The second-order valence-corrected chi connectivity index (χ2v) is 6.96. The Morgan fingerprint density at radius 2 is 2.33 bits per heavy atom. The average molecular weight is 305 g/mol. The van der Waals surface area contributed by atoms with E-state index in [2.05, 4.69) is 12.2 Å². The van der Waals surface area contributed by atoms with Gasteiger partial charge in [-0.15, -0.1) is 11.3 Å². The van der Waals surface area contributed by atoms with Gasteiger partial charge in [0.05, 0.1) is 9.58 Å². The van der Waals surface area contributed by atoms with Gasteiger partial charge in [0.2, 0.25) is 0 Å². The second-order valence-electron chi connectivity index (χ2n) is 5.91. The maximum atomic E-state index is 13.8. The molecule has 1 fully saturated rings. The molecule has 1 aromatic heterocycles. The van der Waals surface area contributed by atoms with Crippen LogP contribution in [0, 0.1) is 11.2 Å². The Kier molecular flexibility index (Phi) is 4.09. The van der Waals surface area contributed by atoms with Crippen LogP contribution in [0.2, 0.25) is 0 Å². The topological polar surface area (TPSA) is 29.1 Å². The molecule has 21 heavy (non-hydrogen) atoms. The Bertz CT molecular complexity index is 658. The molecule has 2 heterocycles. The lowest BCUT2D eigenvalue weighted by atomic mass is 9.77. The Balaban J connectivity index is 1.96. The zero-order chi connectivity index (χ0) is 14.9. The van der Waals surface area contributed by atoms with E-state index in [1.807, 2.05) is 12.1 Å². The van der Waals surface area contributed by atoms with Crippen molar-refractivity contribution in [3.8, 4) is 0 Å². The van der Waals surface area contributed by atoms with E-state index >= 15 is 0 Å². The SMILES string of the molecule is CCCCC1(C(=O)c2cc3cccc(F)c3s2)CCNC1. The van der Waals surface area contributed by atoms with E-state index in [4.69, 9.17) is 0 Å². The van der Waals surface area contributed by atoms with Gasteiger partial charge < -0.3 is 5.32 Å². The molecule has 1 N–H and O–H groups in total. The van der Waals surface area contributed by atoms with Crippen molar-refractivity contribution in [1.82, 2.24) is 5.32 Å². The molecule has 1 saturated heterocycles. The van der Waals surface area contributed by atoms with E-state index in [-0.39, 0.29) is 17.0 Å². The van der Waals surface area contributed by atoms with Crippen LogP contribution in [0.25, 0.3) is 10.1 Å². The molecule has 0 bridgehead atoms. The fraction of sp³-hybridized carbons (Fsp3) is 0.471. The number of hydrogen-bond acceptors (Lipinski definition) is 3. The van der Waals surface area contributed by atoms with E-state index < -0.39 is 0 Å². The van der Waals surface area contributed by atoms with E-state index in [9.17, 15) is 9.18 Å². The highest BCUT2D eigenvalue weighted by atomic mass is 32.1. The monoisotopic (exact) mass is 305 g/mol. The first-order valence-corrected chi connectivity index (χ1v) is 8.41. The highest BCUT2D eigenvalue weighted by Crippen LogP contribution is 2.39. The molecule has 112 valence electrons. The summed E-state index contributed by atoms with van der Waals surface area (Å²) < 4.78 is 14.4. The van der Waals surface area contributed by atoms with Gasteiger partial charge in [0, 0.05) is 12.0 Å². The normalized spacial score (nSPS) is 22.0. The van der Waals surface area contributed by atoms with Crippen LogP contribution in [0.15, 0.2) is 24.3 Å². The molecular weight excluding hydrogens is 285 g/mol. The van der Waals surface area contributed by atoms with Crippen molar-refractivity contribution in [2.45, 2.75) is 32.6 Å². The molecule has 1 aliphatic rings. The highest BCUT2D eigenvalue weighted by Gasteiger charge is 2.41. The van der Waals surface area contributed by atoms with Crippen LogP contribution in [0.3, 0.4) is 0 Å². The largest absolute Gasteiger partial charge is 0.316 e. The number of ketones is 1. The summed E-state index contributed by atoms with van der Waals surface area (Å²) in [5.74, 6) is -0.0368. The van der Waals surface area contributed by atoms with Gasteiger partial charge in [0.1, 0.15) is 5.82 Å². The summed E-state index contributed by atoms with van der Waals surface area (Å²) in [4.78, 5) is 13.7. The van der Waals surface area contributed by atoms with E-state index in [0.29, 0.717) is 9.58 Å². The summed E-state index contributed by atoms with van der Waals surface area (Å²) in [5, 5.41) is 4.16. The van der Waals surface area contributed by atoms with E-state index in [1.54, 1.807) is 6.07 Å². The standard InChI is InChI=1S/C17H20FNOS/c1-2-3-7-17(8-9-19-11-17)16(20)14-10-12-5-4-6-13(18)15(12)21-14/h4-6,10,19H,2-3,7-9,11H2,1H3. The molecule has 0 saturated carbocycles. The molecule has 3 rings (SSSR count). The summed E-state index contributed by atoms with van der Waals surface area (Å²) >= 11 is 1.30. The molecule has 1 aliphatic heterocycles. The van der Waals surface area contributed by atoms with E-state index in [1.165, 1.54) is 17.4 Å². The number of unbranched alkanes of at least 4 members (excludes halogenated alkanes) is 1. The minimum Gasteiger partial charge on any atom is -0.316 e. The first-order valence-electron chi connectivity index (χ1n) is 7.60. The zero-order valence-corrected chi connectivity index (χ0v) is 13.1. The van der Waals surface area contributed by atoms with Crippen LogP contribution in [-0.4, -0.2) is 18.9 Å². The predicted molar refractivity (Wildman–Crippen MR) is 85.6 cm³/mol. The minimum absolute atomic E-state index is 0.196. The van der Waals surface area contributed by atoms with Crippen LogP contribution in [-0.2, 0) is 0 Å². The number of nitrogens with one attached hydrogen (secondary N) is 1. The first kappa shape index (κ1) is 14.7. The minimum atomic E-state index is -0.284. The third kappa shape index (κ3) is 2.62. The van der Waals surface area contributed by atoms with Gasteiger partial charge in [0.15, 0.2) is 5.78 Å². The molecule has 0 spiro atoms. The van der Waals surface area contributed by atoms with Crippen LogP contribution in [0.4, 0.5) is 4.39 Å². The number of hydrogen-bond donors (Lipinski definition) is 1. The lowest BCUT2D eigenvalue weighted by Gasteiger charge is -2.25. The summed E-state index contributed by atoms with van der Waals surface area (Å²) in [7, 11) is 0. The van der Waals surface area contributed by atoms with Crippen LogP contribution in [0.1, 0.15) is 42.3 Å². The number of fused-ring (bicyclic) bond motifs is 1. The fourth-order valence-corrected chi connectivity index (χ4v) is 4.31. The molecule has 1 aromatic carbocycles. The van der Waals surface area contributed by atoms with Crippen LogP contribution >= 0.6 is 11.3 Å². The van der Waals surface area contributed by atoms with Gasteiger partial charge in [-0.05, 0) is 36.9 Å². The second kappa shape index (κ2) is 5.85. The number of carbonyl (C=O) groups excluding carboxylic acids is 1. The lowest BCUT2D eigenvalue weighted by molar-refractivity contribution is 0.0804. The van der Waals surface area contributed by atoms with Crippen molar-refractivity contribution in [2.75, 3.05) is 13.1 Å². The molecular formula is C17H20FNOS. The molecule has 1 atom stereocenters. The molecule has 0 amide bonds. The molecule has 2 nitrogen and oxygen atoms in total. The maximum Gasteiger partial charge on any atom is 0.180 e. The quantitative estimate of drug-likeness (QED) is 0.830. The van der Waals surface area contributed by atoms with Gasteiger partial charge in [-0.2, -0.15) is 0 Å². The van der Waals surface area contributed by atoms with Crippen molar-refractivity contribution in [3.05, 3.63) is 35.0 Å². The Morgan fingerprint density at radius 1 is 1.48 bits per heavy atom. The first-order chi connectivity index (χ1) is 10.2. The van der Waals surface area contributed by atoms with Gasteiger partial charge in [-0.1, -0.05) is 31.9 Å². The van der Waals surface area contributed by atoms with Crippen molar-refractivity contribution in [3.63, 3.8) is 0 Å². The zero-order valence-electron chi connectivity index (χ0n) is 12.2. The van der Waals surface area contributed by atoms with Gasteiger partial charge in [-0.25, -0.2) is 4.39 Å². The molecule has 0 radical (unpaired) electrons.